The molecule has 8 heteroatoms. The third-order valence-electron chi connectivity index (χ3n) is 7.10. The molecule has 2 unspecified atom stereocenters. The maximum absolute atomic E-state index is 13.8. The van der Waals surface area contributed by atoms with Gasteiger partial charge in [0.25, 0.3) is 11.5 Å². The van der Waals surface area contributed by atoms with Crippen LogP contribution in [-0.2, 0) is 4.74 Å². The van der Waals surface area contributed by atoms with Gasteiger partial charge in [0, 0.05) is 23.5 Å². The number of amides is 1. The highest BCUT2D eigenvalue weighted by atomic mass is 16.5. The fourth-order valence-electron chi connectivity index (χ4n) is 5.44. The Morgan fingerprint density at radius 1 is 1.11 bits per heavy atom. The molecule has 0 saturated heterocycles. The number of carbonyl (C=O) groups excluding carboxylic acids is 2. The van der Waals surface area contributed by atoms with E-state index in [-0.39, 0.29) is 29.5 Å². The molecule has 0 radical (unpaired) electrons. The molecule has 2 heterocycles. The molecule has 192 valence electrons. The predicted octanol–water partition coefficient (Wildman–Crippen LogP) is 5.18. The molecule has 2 atom stereocenters. The van der Waals surface area contributed by atoms with Crippen molar-refractivity contribution in [3.8, 4) is 0 Å². The molecule has 0 spiro atoms. The van der Waals surface area contributed by atoms with E-state index in [4.69, 9.17) is 9.26 Å². The summed E-state index contributed by atoms with van der Waals surface area (Å²) in [7, 11) is 0. The van der Waals surface area contributed by atoms with E-state index in [1.165, 1.54) is 0 Å². The second-order valence-electron chi connectivity index (χ2n) is 10.1. The fourth-order valence-corrected chi connectivity index (χ4v) is 5.44. The second-order valence-corrected chi connectivity index (χ2v) is 10.1. The summed E-state index contributed by atoms with van der Waals surface area (Å²) in [4.78, 5) is 39.4. The van der Waals surface area contributed by atoms with Gasteiger partial charge < -0.3 is 19.1 Å². The summed E-state index contributed by atoms with van der Waals surface area (Å²) in [6.45, 7) is 5.85. The smallest absolute Gasteiger partial charge is 0.339 e. The highest BCUT2D eigenvalue weighted by molar-refractivity contribution is 6.14. The first kappa shape index (κ1) is 24.7. The van der Waals surface area contributed by atoms with Gasteiger partial charge in [-0.05, 0) is 70.2 Å². The van der Waals surface area contributed by atoms with E-state index in [1.807, 2.05) is 24.3 Å². The molecule has 2 aromatic heterocycles. The lowest BCUT2D eigenvalue weighted by Crippen LogP contribution is -2.35. The number of esters is 1. The van der Waals surface area contributed by atoms with E-state index in [0.29, 0.717) is 45.2 Å². The molecule has 0 bridgehead atoms. The number of nitrogens with zero attached hydrogens (tertiary/aromatic N) is 2. The maximum atomic E-state index is 13.8. The molecule has 1 N–H and O–H groups in total. The molecule has 37 heavy (non-hydrogen) atoms. The minimum Gasteiger partial charge on any atom is -0.459 e. The van der Waals surface area contributed by atoms with Crippen LogP contribution < -0.4 is 10.9 Å². The largest absolute Gasteiger partial charge is 0.459 e. The molecular weight excluding hydrogens is 470 g/mol. The number of pyridine rings is 1. The van der Waals surface area contributed by atoms with E-state index < -0.39 is 5.97 Å². The number of nitrogens with one attached hydrogen (secondary N) is 1. The van der Waals surface area contributed by atoms with Crippen LogP contribution in [0.4, 0.5) is 0 Å². The Kier molecular flexibility index (Phi) is 6.82. The molecule has 1 aliphatic carbocycles. The van der Waals surface area contributed by atoms with Gasteiger partial charge in [0.15, 0.2) is 0 Å². The molecule has 5 rings (SSSR count). The zero-order chi connectivity index (χ0) is 26.1. The first-order chi connectivity index (χ1) is 17.8. The van der Waals surface area contributed by atoms with Gasteiger partial charge in [-0.15, -0.1) is 0 Å². The van der Waals surface area contributed by atoms with Crippen LogP contribution >= 0.6 is 0 Å². The number of benzene rings is 2. The Balaban J connectivity index is 1.52. The van der Waals surface area contributed by atoms with Gasteiger partial charge in [-0.1, -0.05) is 35.8 Å². The van der Waals surface area contributed by atoms with E-state index >= 15 is 0 Å². The van der Waals surface area contributed by atoms with Crippen molar-refractivity contribution in [3.63, 3.8) is 0 Å². The summed E-state index contributed by atoms with van der Waals surface area (Å²) in [6.07, 6.45) is 3.18. The zero-order valence-electron chi connectivity index (χ0n) is 21.3. The first-order valence-electron chi connectivity index (χ1n) is 12.8. The number of aromatic nitrogens is 2. The summed E-state index contributed by atoms with van der Waals surface area (Å²) in [5, 5.41) is 8.18. The third kappa shape index (κ3) is 4.75. The lowest BCUT2D eigenvalue weighted by molar-refractivity contribution is 0.0380. The van der Waals surface area contributed by atoms with Crippen LogP contribution in [0.25, 0.3) is 21.8 Å². The molecule has 2 aromatic carbocycles. The number of fused-ring (bicyclic) bond motifs is 3. The quantitative estimate of drug-likeness (QED) is 0.365. The average Bonchev–Trinajstić information content (AvgIpc) is 3.29. The first-order valence-corrected chi connectivity index (χ1v) is 12.8. The molecule has 0 aliphatic heterocycles. The summed E-state index contributed by atoms with van der Waals surface area (Å²) in [5.74, 6) is 0.0879. The van der Waals surface area contributed by atoms with Crippen molar-refractivity contribution >= 4 is 33.7 Å². The van der Waals surface area contributed by atoms with Crippen LogP contribution in [0.3, 0.4) is 0 Å². The average molecular weight is 502 g/mol. The van der Waals surface area contributed by atoms with Crippen molar-refractivity contribution in [3.05, 3.63) is 75.8 Å². The maximum Gasteiger partial charge on any atom is 0.339 e. The van der Waals surface area contributed by atoms with Gasteiger partial charge in [0.2, 0.25) is 0 Å². The van der Waals surface area contributed by atoms with Crippen molar-refractivity contribution in [2.45, 2.75) is 58.6 Å². The van der Waals surface area contributed by atoms with Crippen LogP contribution in [0.2, 0.25) is 0 Å². The molecule has 1 saturated carbocycles. The van der Waals surface area contributed by atoms with Crippen molar-refractivity contribution in [2.24, 2.45) is 5.92 Å². The van der Waals surface area contributed by atoms with Crippen LogP contribution in [0.15, 0.2) is 57.8 Å². The number of rotatable bonds is 6. The van der Waals surface area contributed by atoms with Gasteiger partial charge in [-0.25, -0.2) is 4.79 Å². The molecule has 1 amide bonds. The fraction of sp³-hybridized carbons (Fsp3) is 0.379. The molecule has 1 aliphatic rings. The van der Waals surface area contributed by atoms with Crippen molar-refractivity contribution in [1.29, 1.82) is 0 Å². The molecule has 4 aromatic rings. The SMILES string of the molecule is Cc1onc2c1c(=O)n(C1CCCC(CNC(=O)c3ccccc3)C1)c1cccc(C(=O)OC(C)C)c21. The highest BCUT2D eigenvalue weighted by Crippen LogP contribution is 2.36. The van der Waals surface area contributed by atoms with Gasteiger partial charge in [0.05, 0.1) is 17.2 Å². The van der Waals surface area contributed by atoms with Gasteiger partial charge in [0.1, 0.15) is 16.7 Å². The number of ether oxygens (including phenoxy) is 1. The van der Waals surface area contributed by atoms with Crippen LogP contribution in [0.5, 0.6) is 0 Å². The van der Waals surface area contributed by atoms with E-state index in [2.05, 4.69) is 10.5 Å². The van der Waals surface area contributed by atoms with E-state index in [9.17, 15) is 14.4 Å². The molecule has 8 nitrogen and oxygen atoms in total. The highest BCUT2D eigenvalue weighted by Gasteiger charge is 2.29. The number of hydrogen-bond acceptors (Lipinski definition) is 6. The second kappa shape index (κ2) is 10.2. The predicted molar refractivity (Wildman–Crippen MR) is 141 cm³/mol. The van der Waals surface area contributed by atoms with Gasteiger partial charge >= 0.3 is 5.97 Å². The Morgan fingerprint density at radius 3 is 2.65 bits per heavy atom. The minimum atomic E-state index is -0.460. The minimum absolute atomic E-state index is 0.0857. The van der Waals surface area contributed by atoms with Crippen molar-refractivity contribution < 1.29 is 18.8 Å². The van der Waals surface area contributed by atoms with Crippen LogP contribution in [0.1, 0.15) is 72.0 Å². The standard InChI is InChI=1S/C29H31N3O5/c1-17(2)36-29(35)22-13-8-14-23-25(22)26-24(18(3)37-31-26)28(34)32(23)21-12-7-9-19(15-21)16-30-27(33)20-10-5-4-6-11-20/h4-6,8,10-11,13-14,17,19,21H,7,9,12,15-16H2,1-3H3,(H,30,33). The number of aryl methyl sites for hydroxylation is 1. The number of hydrogen-bond donors (Lipinski definition) is 1. The molecule has 1 fully saturated rings. The van der Waals surface area contributed by atoms with Crippen molar-refractivity contribution in [2.75, 3.05) is 6.54 Å². The summed E-state index contributed by atoms with van der Waals surface area (Å²) >= 11 is 0. The zero-order valence-corrected chi connectivity index (χ0v) is 21.3. The van der Waals surface area contributed by atoms with Gasteiger partial charge in [-0.2, -0.15) is 0 Å². The third-order valence-corrected chi connectivity index (χ3v) is 7.10. The van der Waals surface area contributed by atoms with E-state index in [0.717, 1.165) is 25.7 Å². The topological polar surface area (TPSA) is 103 Å². The lowest BCUT2D eigenvalue weighted by atomic mass is 9.85. The van der Waals surface area contributed by atoms with Crippen LogP contribution in [-0.4, -0.2) is 34.2 Å². The monoisotopic (exact) mass is 501 g/mol. The summed E-state index contributed by atoms with van der Waals surface area (Å²) in [5.41, 5.74) is 1.84. The summed E-state index contributed by atoms with van der Waals surface area (Å²) < 4.78 is 12.7. The van der Waals surface area contributed by atoms with Gasteiger partial charge in [-0.3, -0.25) is 9.59 Å². The molecular formula is C29H31N3O5. The summed E-state index contributed by atoms with van der Waals surface area (Å²) in [6, 6.07) is 14.4. The lowest BCUT2D eigenvalue weighted by Gasteiger charge is -2.31. The van der Waals surface area contributed by atoms with Crippen LogP contribution in [0, 0.1) is 12.8 Å². The Morgan fingerprint density at radius 2 is 1.89 bits per heavy atom. The normalized spacial score (nSPS) is 17.8. The Bertz CT molecular complexity index is 1520. The number of carbonyl (C=O) groups is 2. The Hall–Kier alpha value is -3.94. The Labute approximate surface area is 214 Å². The van der Waals surface area contributed by atoms with Crippen molar-refractivity contribution in [1.82, 2.24) is 15.0 Å². The van der Waals surface area contributed by atoms with E-state index in [1.54, 1.807) is 49.6 Å².